The molecule has 0 saturated carbocycles. The summed E-state index contributed by atoms with van der Waals surface area (Å²) in [5.74, 6) is -0.420. The Kier molecular flexibility index (Phi) is 10.4. The molecule has 0 spiro atoms. The molecule has 7 heteroatoms. The van der Waals surface area contributed by atoms with Gasteiger partial charge in [0.2, 0.25) is 11.8 Å². The predicted molar refractivity (Wildman–Crippen MR) is 147 cm³/mol. The molecule has 4 nitrogen and oxygen atoms in total. The van der Waals surface area contributed by atoms with E-state index in [0.717, 1.165) is 16.7 Å². The molecule has 3 aromatic carbocycles. The first-order chi connectivity index (χ1) is 17.2. The van der Waals surface area contributed by atoms with E-state index in [0.29, 0.717) is 23.6 Å². The SMILES string of the molecule is Cc1cccc(CN(C(=O)CSCc2c(F)cccc2Cl)C(Cc2ccccc2)C(=O)NC(C)C)c1. The lowest BCUT2D eigenvalue weighted by molar-refractivity contribution is -0.139. The van der Waals surface area contributed by atoms with Crippen molar-refractivity contribution >= 4 is 35.2 Å². The van der Waals surface area contributed by atoms with E-state index in [1.54, 1.807) is 17.0 Å². The third kappa shape index (κ3) is 8.10. The lowest BCUT2D eigenvalue weighted by Gasteiger charge is -2.32. The molecule has 0 aliphatic heterocycles. The van der Waals surface area contributed by atoms with Crippen molar-refractivity contribution in [1.82, 2.24) is 10.2 Å². The van der Waals surface area contributed by atoms with Crippen LogP contribution in [0.25, 0.3) is 0 Å². The monoisotopic (exact) mass is 526 g/mol. The molecule has 0 bridgehead atoms. The van der Waals surface area contributed by atoms with Gasteiger partial charge >= 0.3 is 0 Å². The molecule has 1 N–H and O–H groups in total. The zero-order valence-electron chi connectivity index (χ0n) is 20.8. The minimum Gasteiger partial charge on any atom is -0.352 e. The molecule has 0 saturated heterocycles. The molecule has 0 radical (unpaired) electrons. The summed E-state index contributed by atoms with van der Waals surface area (Å²) in [5.41, 5.74) is 3.37. The molecular weight excluding hydrogens is 495 g/mol. The number of hydrogen-bond donors (Lipinski definition) is 1. The minimum atomic E-state index is -0.694. The normalized spacial score (nSPS) is 11.8. The van der Waals surface area contributed by atoms with Gasteiger partial charge < -0.3 is 10.2 Å². The average molecular weight is 527 g/mol. The smallest absolute Gasteiger partial charge is 0.243 e. The van der Waals surface area contributed by atoms with Crippen LogP contribution < -0.4 is 5.32 Å². The number of amides is 2. The Morgan fingerprint density at radius 3 is 2.36 bits per heavy atom. The number of nitrogens with one attached hydrogen (secondary N) is 1. The Hall–Kier alpha value is -2.83. The second-order valence-corrected chi connectivity index (χ2v) is 10.5. The molecule has 3 rings (SSSR count). The van der Waals surface area contributed by atoms with Crippen molar-refractivity contribution in [2.75, 3.05) is 5.75 Å². The Balaban J connectivity index is 1.87. The predicted octanol–water partition coefficient (Wildman–Crippen LogP) is 6.19. The molecule has 3 aromatic rings. The van der Waals surface area contributed by atoms with Gasteiger partial charge in [0.15, 0.2) is 0 Å². The van der Waals surface area contributed by atoms with Crippen molar-refractivity contribution in [2.45, 2.75) is 51.6 Å². The quantitative estimate of drug-likeness (QED) is 0.324. The van der Waals surface area contributed by atoms with Gasteiger partial charge in [0.05, 0.1) is 5.75 Å². The van der Waals surface area contributed by atoms with Crippen LogP contribution in [-0.2, 0) is 28.3 Å². The van der Waals surface area contributed by atoms with E-state index in [-0.39, 0.29) is 29.4 Å². The first kappa shape index (κ1) is 27.8. The van der Waals surface area contributed by atoms with Crippen molar-refractivity contribution in [3.63, 3.8) is 0 Å². The number of hydrogen-bond acceptors (Lipinski definition) is 3. The van der Waals surface area contributed by atoms with Gasteiger partial charge in [-0.05, 0) is 44.0 Å². The zero-order valence-corrected chi connectivity index (χ0v) is 22.4. The molecule has 1 atom stereocenters. The maximum atomic E-state index is 14.2. The van der Waals surface area contributed by atoms with E-state index < -0.39 is 11.9 Å². The maximum Gasteiger partial charge on any atom is 0.243 e. The van der Waals surface area contributed by atoms with Crippen molar-refractivity contribution in [1.29, 1.82) is 0 Å². The van der Waals surface area contributed by atoms with Crippen LogP contribution in [-0.4, -0.2) is 34.6 Å². The molecule has 2 amide bonds. The molecule has 36 heavy (non-hydrogen) atoms. The van der Waals surface area contributed by atoms with Crippen molar-refractivity contribution in [3.8, 4) is 0 Å². The van der Waals surface area contributed by atoms with Gasteiger partial charge in [-0.2, -0.15) is 0 Å². The Morgan fingerprint density at radius 2 is 1.69 bits per heavy atom. The molecule has 0 heterocycles. The summed E-state index contributed by atoms with van der Waals surface area (Å²) in [5, 5.41) is 3.32. The van der Waals surface area contributed by atoms with Crippen LogP contribution in [0.15, 0.2) is 72.8 Å². The van der Waals surface area contributed by atoms with Crippen LogP contribution in [0.4, 0.5) is 4.39 Å². The van der Waals surface area contributed by atoms with Gasteiger partial charge in [-0.3, -0.25) is 9.59 Å². The first-order valence-corrected chi connectivity index (χ1v) is 13.5. The molecule has 0 aliphatic carbocycles. The summed E-state index contributed by atoms with van der Waals surface area (Å²) < 4.78 is 14.2. The van der Waals surface area contributed by atoms with Crippen LogP contribution in [0.5, 0.6) is 0 Å². The number of thioether (sulfide) groups is 1. The van der Waals surface area contributed by atoms with Crippen LogP contribution >= 0.6 is 23.4 Å². The molecule has 1 unspecified atom stereocenters. The highest BCUT2D eigenvalue weighted by Crippen LogP contribution is 2.25. The van der Waals surface area contributed by atoms with E-state index >= 15 is 0 Å². The second kappa shape index (κ2) is 13.5. The number of carbonyl (C=O) groups is 2. The zero-order chi connectivity index (χ0) is 26.1. The van der Waals surface area contributed by atoms with Gasteiger partial charge in [0.1, 0.15) is 11.9 Å². The fourth-order valence-corrected chi connectivity index (χ4v) is 5.18. The van der Waals surface area contributed by atoms with Crippen molar-refractivity contribution in [3.05, 3.63) is 106 Å². The lowest BCUT2D eigenvalue weighted by atomic mass is 10.0. The molecule has 190 valence electrons. The fourth-order valence-electron chi connectivity index (χ4n) is 3.94. The summed E-state index contributed by atoms with van der Waals surface area (Å²) in [4.78, 5) is 28.6. The van der Waals surface area contributed by atoms with E-state index in [4.69, 9.17) is 11.6 Å². The van der Waals surface area contributed by atoms with Crippen LogP contribution in [0.2, 0.25) is 5.02 Å². The van der Waals surface area contributed by atoms with Crippen LogP contribution in [0, 0.1) is 12.7 Å². The Labute approximate surface area is 222 Å². The average Bonchev–Trinajstić information content (AvgIpc) is 2.83. The molecule has 0 fully saturated rings. The molecular formula is C29H32ClFN2O2S. The summed E-state index contributed by atoms with van der Waals surface area (Å²) in [7, 11) is 0. The number of benzene rings is 3. The van der Waals surface area contributed by atoms with Crippen LogP contribution in [0.3, 0.4) is 0 Å². The fraction of sp³-hybridized carbons (Fsp3) is 0.310. The van der Waals surface area contributed by atoms with Gasteiger partial charge in [0, 0.05) is 35.3 Å². The van der Waals surface area contributed by atoms with Crippen molar-refractivity contribution < 1.29 is 14.0 Å². The molecule has 0 aromatic heterocycles. The number of carbonyl (C=O) groups excluding carboxylic acids is 2. The van der Waals surface area contributed by atoms with E-state index in [1.165, 1.54) is 17.8 Å². The van der Waals surface area contributed by atoms with E-state index in [9.17, 15) is 14.0 Å². The summed E-state index contributed by atoms with van der Waals surface area (Å²) in [6.45, 7) is 6.09. The van der Waals surface area contributed by atoms with Gasteiger partial charge in [-0.15, -0.1) is 11.8 Å². The van der Waals surface area contributed by atoms with Gasteiger partial charge in [-0.1, -0.05) is 77.8 Å². The number of nitrogens with zero attached hydrogens (tertiary/aromatic N) is 1. The summed E-state index contributed by atoms with van der Waals surface area (Å²) in [6, 6.07) is 21.4. The highest BCUT2D eigenvalue weighted by Gasteiger charge is 2.30. The summed E-state index contributed by atoms with van der Waals surface area (Å²) in [6.07, 6.45) is 0.390. The Morgan fingerprint density at radius 1 is 1.00 bits per heavy atom. The van der Waals surface area contributed by atoms with Crippen molar-refractivity contribution in [2.24, 2.45) is 0 Å². The Bertz CT molecular complexity index is 1150. The first-order valence-electron chi connectivity index (χ1n) is 11.9. The van der Waals surface area contributed by atoms with Crippen LogP contribution in [0.1, 0.15) is 36.1 Å². The highest BCUT2D eigenvalue weighted by atomic mass is 35.5. The number of aryl methyl sites for hydroxylation is 1. The van der Waals surface area contributed by atoms with Gasteiger partial charge in [0.25, 0.3) is 0 Å². The van der Waals surface area contributed by atoms with Gasteiger partial charge in [-0.25, -0.2) is 4.39 Å². The topological polar surface area (TPSA) is 49.4 Å². The third-order valence-corrected chi connectivity index (χ3v) is 6.97. The van der Waals surface area contributed by atoms with E-state index in [1.807, 2.05) is 75.4 Å². The number of halogens is 2. The highest BCUT2D eigenvalue weighted by molar-refractivity contribution is 7.99. The summed E-state index contributed by atoms with van der Waals surface area (Å²) >= 11 is 7.45. The van der Waals surface area contributed by atoms with E-state index in [2.05, 4.69) is 5.32 Å². The number of rotatable bonds is 11. The lowest BCUT2D eigenvalue weighted by Crippen LogP contribution is -2.52. The molecule has 0 aliphatic rings. The second-order valence-electron chi connectivity index (χ2n) is 9.07. The third-order valence-electron chi connectivity index (χ3n) is 5.67. The standard InChI is InChI=1S/C29H32ClFN2O2S/c1-20(2)32-29(35)27(16-22-10-5-4-6-11-22)33(17-23-12-7-9-21(3)15-23)28(34)19-36-18-24-25(30)13-8-14-26(24)31/h4-15,20,27H,16-19H2,1-3H3,(H,32,35). The minimum absolute atomic E-state index is 0.0655. The maximum absolute atomic E-state index is 14.2. The largest absolute Gasteiger partial charge is 0.352 e.